The molecule has 0 radical (unpaired) electrons. The molecular weight excluding hydrogens is 308 g/mol. The van der Waals surface area contributed by atoms with Gasteiger partial charge in [-0.2, -0.15) is 9.97 Å². The maximum atomic E-state index is 9.21. The minimum atomic E-state index is -0.344. The van der Waals surface area contributed by atoms with E-state index in [1.807, 2.05) is 16.7 Å². The van der Waals surface area contributed by atoms with Gasteiger partial charge < -0.3 is 20.9 Å². The molecule has 2 aromatic heterocycles. The fourth-order valence-corrected chi connectivity index (χ4v) is 3.41. The Morgan fingerprint density at radius 1 is 1.25 bits per heavy atom. The molecule has 1 aliphatic carbocycles. The number of ether oxygens (including phenoxy) is 1. The van der Waals surface area contributed by atoms with E-state index in [2.05, 4.69) is 20.3 Å². The highest BCUT2D eigenvalue weighted by molar-refractivity contribution is 5.84. The molecule has 4 rings (SSSR count). The fraction of sp³-hybridized carbons (Fsp3) is 0.562. The molecule has 0 amide bonds. The van der Waals surface area contributed by atoms with Crippen LogP contribution in [0.3, 0.4) is 0 Å². The molecular formula is C16H22N6O2. The number of rotatable bonds is 4. The van der Waals surface area contributed by atoms with Gasteiger partial charge in [-0.15, -0.1) is 0 Å². The maximum Gasteiger partial charge on any atom is 0.224 e. The third-order valence-electron chi connectivity index (χ3n) is 4.64. The quantitative estimate of drug-likeness (QED) is 0.730. The molecule has 0 aromatic carbocycles. The molecule has 2 atom stereocenters. The fourth-order valence-electron chi connectivity index (χ4n) is 3.41. The lowest BCUT2D eigenvalue weighted by Crippen LogP contribution is -2.23. The topological polar surface area (TPSA) is 111 Å². The van der Waals surface area contributed by atoms with Crippen LogP contribution in [0.2, 0.25) is 0 Å². The molecule has 2 aromatic rings. The Morgan fingerprint density at radius 2 is 2.08 bits per heavy atom. The number of aliphatic hydroxyl groups excluding tert-OH is 1. The van der Waals surface area contributed by atoms with Crippen LogP contribution in [-0.2, 0) is 4.74 Å². The van der Waals surface area contributed by atoms with E-state index in [0.29, 0.717) is 23.0 Å². The van der Waals surface area contributed by atoms with E-state index >= 15 is 0 Å². The van der Waals surface area contributed by atoms with Crippen molar-refractivity contribution < 1.29 is 9.84 Å². The van der Waals surface area contributed by atoms with Crippen LogP contribution in [0, 0.1) is 0 Å². The standard InChI is InChI=1S/C16H22N6O2/c17-16-20-14(19-10-4-2-1-3-5-10)13-15(21-16)22(9-18-13)12-7-6-11(8-23)24-12/h6-7,9-12,23H,1-5,8H2,(H3,17,19,20,21)/t11-,12+/m0/s1. The number of aliphatic hydroxyl groups is 1. The predicted molar refractivity (Wildman–Crippen MR) is 90.4 cm³/mol. The number of nitrogens with zero attached hydrogens (tertiary/aromatic N) is 4. The first-order valence-corrected chi connectivity index (χ1v) is 8.46. The molecule has 1 saturated carbocycles. The summed E-state index contributed by atoms with van der Waals surface area (Å²) in [4.78, 5) is 13.1. The number of nitrogens with two attached hydrogens (primary N) is 1. The highest BCUT2D eigenvalue weighted by Crippen LogP contribution is 2.29. The zero-order valence-electron chi connectivity index (χ0n) is 13.4. The minimum absolute atomic E-state index is 0.0504. The largest absolute Gasteiger partial charge is 0.393 e. The van der Waals surface area contributed by atoms with E-state index in [-0.39, 0.29) is 24.9 Å². The van der Waals surface area contributed by atoms with Gasteiger partial charge in [-0.05, 0) is 18.9 Å². The Balaban J connectivity index is 1.65. The Hall–Kier alpha value is -2.19. The van der Waals surface area contributed by atoms with Gasteiger partial charge >= 0.3 is 0 Å². The van der Waals surface area contributed by atoms with Gasteiger partial charge in [-0.1, -0.05) is 25.3 Å². The summed E-state index contributed by atoms with van der Waals surface area (Å²) >= 11 is 0. The zero-order valence-corrected chi connectivity index (χ0v) is 13.4. The summed E-state index contributed by atoms with van der Waals surface area (Å²) in [5.41, 5.74) is 7.23. The number of nitrogens with one attached hydrogen (secondary N) is 1. The Morgan fingerprint density at radius 3 is 2.83 bits per heavy atom. The molecule has 128 valence electrons. The molecule has 24 heavy (non-hydrogen) atoms. The second kappa shape index (κ2) is 6.37. The summed E-state index contributed by atoms with van der Waals surface area (Å²) in [5.74, 6) is 0.895. The lowest BCUT2D eigenvalue weighted by atomic mass is 9.95. The van der Waals surface area contributed by atoms with Crippen LogP contribution in [0.4, 0.5) is 11.8 Å². The van der Waals surface area contributed by atoms with E-state index in [0.717, 1.165) is 12.8 Å². The van der Waals surface area contributed by atoms with Gasteiger partial charge in [0.1, 0.15) is 6.10 Å². The minimum Gasteiger partial charge on any atom is -0.393 e. The summed E-state index contributed by atoms with van der Waals surface area (Å²) in [6.07, 6.45) is 10.8. The maximum absolute atomic E-state index is 9.21. The van der Waals surface area contributed by atoms with Crippen LogP contribution in [0.25, 0.3) is 11.2 Å². The van der Waals surface area contributed by atoms with Crippen molar-refractivity contribution in [1.82, 2.24) is 19.5 Å². The first-order chi connectivity index (χ1) is 11.7. The monoisotopic (exact) mass is 330 g/mol. The molecule has 0 bridgehead atoms. The van der Waals surface area contributed by atoms with Crippen LogP contribution < -0.4 is 11.1 Å². The molecule has 8 heteroatoms. The van der Waals surface area contributed by atoms with E-state index in [4.69, 9.17) is 10.5 Å². The Bertz CT molecular complexity index is 752. The number of hydrogen-bond acceptors (Lipinski definition) is 7. The predicted octanol–water partition coefficient (Wildman–Crippen LogP) is 1.60. The molecule has 1 aliphatic heterocycles. The smallest absolute Gasteiger partial charge is 0.224 e. The third-order valence-corrected chi connectivity index (χ3v) is 4.64. The second-order valence-corrected chi connectivity index (χ2v) is 6.37. The van der Waals surface area contributed by atoms with Crippen molar-refractivity contribution in [2.24, 2.45) is 0 Å². The zero-order chi connectivity index (χ0) is 16.5. The molecule has 8 nitrogen and oxygen atoms in total. The second-order valence-electron chi connectivity index (χ2n) is 6.37. The van der Waals surface area contributed by atoms with Crippen molar-refractivity contribution in [2.45, 2.75) is 50.5 Å². The van der Waals surface area contributed by atoms with E-state index < -0.39 is 0 Å². The molecule has 0 saturated heterocycles. The van der Waals surface area contributed by atoms with Gasteiger partial charge in [0.15, 0.2) is 23.2 Å². The Labute approximate surface area is 139 Å². The van der Waals surface area contributed by atoms with Crippen LogP contribution in [-0.4, -0.2) is 43.4 Å². The van der Waals surface area contributed by atoms with Gasteiger partial charge in [0, 0.05) is 6.04 Å². The lowest BCUT2D eigenvalue weighted by Gasteiger charge is -2.23. The van der Waals surface area contributed by atoms with Gasteiger partial charge in [0.25, 0.3) is 0 Å². The van der Waals surface area contributed by atoms with Crippen molar-refractivity contribution in [3.8, 4) is 0 Å². The van der Waals surface area contributed by atoms with Gasteiger partial charge in [0.05, 0.1) is 12.9 Å². The van der Waals surface area contributed by atoms with Crippen LogP contribution >= 0.6 is 0 Å². The molecule has 2 aliphatic rings. The van der Waals surface area contributed by atoms with Crippen molar-refractivity contribution in [1.29, 1.82) is 0 Å². The number of nitrogen functional groups attached to an aromatic ring is 1. The molecule has 1 fully saturated rings. The average Bonchev–Trinajstić information content (AvgIpc) is 3.22. The average molecular weight is 330 g/mol. The summed E-state index contributed by atoms with van der Waals surface area (Å²) in [5, 5.41) is 12.7. The van der Waals surface area contributed by atoms with Crippen LogP contribution in [0.1, 0.15) is 38.3 Å². The SMILES string of the molecule is Nc1nc(NC2CCCCC2)c2ncn([C@H]3C=C[C@@H](CO)O3)c2n1. The summed E-state index contributed by atoms with van der Waals surface area (Å²) in [6.45, 7) is -0.0504. The third kappa shape index (κ3) is 2.83. The van der Waals surface area contributed by atoms with Crippen LogP contribution in [0.15, 0.2) is 18.5 Å². The van der Waals surface area contributed by atoms with Crippen LogP contribution in [0.5, 0.6) is 0 Å². The van der Waals surface area contributed by atoms with E-state index in [1.54, 1.807) is 6.33 Å². The van der Waals surface area contributed by atoms with E-state index in [9.17, 15) is 5.11 Å². The molecule has 3 heterocycles. The van der Waals surface area contributed by atoms with Gasteiger partial charge in [-0.3, -0.25) is 4.57 Å². The highest BCUT2D eigenvalue weighted by Gasteiger charge is 2.24. The highest BCUT2D eigenvalue weighted by atomic mass is 16.5. The molecule has 0 unspecified atom stereocenters. The normalized spacial score (nSPS) is 24.7. The first kappa shape index (κ1) is 15.3. The number of fused-ring (bicyclic) bond motifs is 1. The van der Waals surface area contributed by atoms with E-state index in [1.165, 1.54) is 19.3 Å². The first-order valence-electron chi connectivity index (χ1n) is 8.46. The number of anilines is 2. The van der Waals surface area contributed by atoms with Gasteiger partial charge in [-0.25, -0.2) is 4.98 Å². The number of imidazole rings is 1. The van der Waals surface area contributed by atoms with Crippen molar-refractivity contribution >= 4 is 22.9 Å². The van der Waals surface area contributed by atoms with Crippen molar-refractivity contribution in [2.75, 3.05) is 17.7 Å². The molecule has 4 N–H and O–H groups in total. The number of hydrogen-bond donors (Lipinski definition) is 3. The summed E-state index contributed by atoms with van der Waals surface area (Å²) in [6, 6.07) is 0.405. The lowest BCUT2D eigenvalue weighted by molar-refractivity contribution is -0.00638. The summed E-state index contributed by atoms with van der Waals surface area (Å²) in [7, 11) is 0. The summed E-state index contributed by atoms with van der Waals surface area (Å²) < 4.78 is 7.54. The molecule has 0 spiro atoms. The van der Waals surface area contributed by atoms with Gasteiger partial charge in [0.2, 0.25) is 5.95 Å². The number of aromatic nitrogens is 4. The van der Waals surface area contributed by atoms with Crippen molar-refractivity contribution in [3.63, 3.8) is 0 Å². The Kier molecular flexibility index (Phi) is 4.07. The van der Waals surface area contributed by atoms with Crippen molar-refractivity contribution in [3.05, 3.63) is 18.5 Å².